The van der Waals surface area contributed by atoms with Gasteiger partial charge in [0.15, 0.2) is 11.5 Å². The molecule has 122 valence electrons. The fourth-order valence-corrected chi connectivity index (χ4v) is 1.94. The summed E-state index contributed by atoms with van der Waals surface area (Å²) in [7, 11) is 1.31. The number of ether oxygens (including phenoxy) is 2. The number of carbonyl (C=O) groups is 1. The minimum atomic E-state index is -2.96. The summed E-state index contributed by atoms with van der Waals surface area (Å²) < 4.78 is 47.3. The van der Waals surface area contributed by atoms with Gasteiger partial charge < -0.3 is 14.8 Å². The summed E-state index contributed by atoms with van der Waals surface area (Å²) in [4.78, 5) is 11.9. The van der Waals surface area contributed by atoms with Crippen molar-refractivity contribution in [3.05, 3.63) is 59.4 Å². The van der Waals surface area contributed by atoms with Crippen LogP contribution in [-0.2, 0) is 6.54 Å². The molecule has 0 aliphatic heterocycles. The summed E-state index contributed by atoms with van der Waals surface area (Å²) in [6.07, 6.45) is 0. The zero-order valence-corrected chi connectivity index (χ0v) is 12.2. The van der Waals surface area contributed by atoms with Gasteiger partial charge >= 0.3 is 6.61 Å². The number of carbonyl (C=O) groups excluding carboxylic acids is 1. The first-order chi connectivity index (χ1) is 11.0. The number of rotatable bonds is 6. The summed E-state index contributed by atoms with van der Waals surface area (Å²) in [6, 6.07) is 9.87. The number of halogens is 3. The van der Waals surface area contributed by atoms with Gasteiger partial charge in [-0.25, -0.2) is 4.39 Å². The van der Waals surface area contributed by atoms with E-state index in [0.29, 0.717) is 5.56 Å². The van der Waals surface area contributed by atoms with Crippen LogP contribution in [0.2, 0.25) is 0 Å². The summed E-state index contributed by atoms with van der Waals surface area (Å²) in [6.45, 7) is -2.88. The summed E-state index contributed by atoms with van der Waals surface area (Å²) in [5, 5.41) is 2.54. The molecule has 2 aromatic carbocycles. The van der Waals surface area contributed by atoms with Gasteiger partial charge in [0.05, 0.1) is 12.7 Å². The van der Waals surface area contributed by atoms with Gasteiger partial charge in [-0.3, -0.25) is 4.79 Å². The molecule has 0 unspecified atom stereocenters. The highest BCUT2D eigenvalue weighted by Crippen LogP contribution is 2.29. The van der Waals surface area contributed by atoms with E-state index in [1.807, 2.05) is 0 Å². The Balaban J connectivity index is 2.06. The van der Waals surface area contributed by atoms with Crippen molar-refractivity contribution in [2.75, 3.05) is 7.11 Å². The molecule has 0 saturated heterocycles. The van der Waals surface area contributed by atoms with Crippen LogP contribution in [0.25, 0.3) is 0 Å². The second-order valence-electron chi connectivity index (χ2n) is 4.53. The number of hydrogen-bond donors (Lipinski definition) is 1. The Morgan fingerprint density at radius 2 is 1.91 bits per heavy atom. The van der Waals surface area contributed by atoms with E-state index in [0.717, 1.165) is 0 Å². The van der Waals surface area contributed by atoms with Crippen molar-refractivity contribution in [1.82, 2.24) is 5.32 Å². The lowest BCUT2D eigenvalue weighted by Crippen LogP contribution is -2.23. The van der Waals surface area contributed by atoms with Crippen molar-refractivity contribution in [3.63, 3.8) is 0 Å². The Labute approximate surface area is 130 Å². The van der Waals surface area contributed by atoms with E-state index in [4.69, 9.17) is 4.74 Å². The zero-order valence-electron chi connectivity index (χ0n) is 12.2. The molecule has 7 heteroatoms. The lowest BCUT2D eigenvalue weighted by molar-refractivity contribution is -0.0512. The highest BCUT2D eigenvalue weighted by Gasteiger charge is 2.13. The average molecular weight is 325 g/mol. The van der Waals surface area contributed by atoms with Crippen LogP contribution in [0.15, 0.2) is 42.5 Å². The zero-order chi connectivity index (χ0) is 16.8. The van der Waals surface area contributed by atoms with E-state index in [2.05, 4.69) is 10.1 Å². The first-order valence-corrected chi connectivity index (χ1v) is 6.65. The number of amides is 1. The molecule has 4 nitrogen and oxygen atoms in total. The van der Waals surface area contributed by atoms with E-state index in [-0.39, 0.29) is 23.6 Å². The standard InChI is InChI=1S/C16H14F3NO3/c1-22-14-8-10(6-7-13(14)23-16(18)19)9-20-15(21)11-4-2-3-5-12(11)17/h2-8,16H,9H2,1H3,(H,20,21). The maximum absolute atomic E-state index is 13.5. The molecule has 0 radical (unpaired) electrons. The van der Waals surface area contributed by atoms with Crippen LogP contribution in [-0.4, -0.2) is 19.6 Å². The normalized spacial score (nSPS) is 10.5. The van der Waals surface area contributed by atoms with E-state index >= 15 is 0 Å². The van der Waals surface area contributed by atoms with Gasteiger partial charge in [-0.1, -0.05) is 18.2 Å². The molecule has 0 atom stereocenters. The van der Waals surface area contributed by atoms with Crippen LogP contribution < -0.4 is 14.8 Å². The van der Waals surface area contributed by atoms with Gasteiger partial charge in [0.25, 0.3) is 5.91 Å². The Morgan fingerprint density at radius 3 is 2.57 bits per heavy atom. The van der Waals surface area contributed by atoms with E-state index in [1.165, 1.54) is 43.5 Å². The molecular formula is C16H14F3NO3. The van der Waals surface area contributed by atoms with Gasteiger partial charge in [0.1, 0.15) is 5.82 Å². The Kier molecular flexibility index (Phi) is 5.46. The third-order valence-corrected chi connectivity index (χ3v) is 3.02. The maximum atomic E-state index is 13.5. The second-order valence-corrected chi connectivity index (χ2v) is 4.53. The quantitative estimate of drug-likeness (QED) is 0.886. The van der Waals surface area contributed by atoms with E-state index in [9.17, 15) is 18.0 Å². The first kappa shape index (κ1) is 16.7. The van der Waals surface area contributed by atoms with Gasteiger partial charge in [0, 0.05) is 6.54 Å². The molecule has 0 spiro atoms. The van der Waals surface area contributed by atoms with Crippen LogP contribution in [0.5, 0.6) is 11.5 Å². The van der Waals surface area contributed by atoms with Crippen molar-refractivity contribution in [2.24, 2.45) is 0 Å². The third kappa shape index (κ3) is 4.38. The molecule has 0 fully saturated rings. The number of benzene rings is 2. The Morgan fingerprint density at radius 1 is 1.17 bits per heavy atom. The smallest absolute Gasteiger partial charge is 0.387 e. The lowest BCUT2D eigenvalue weighted by atomic mass is 10.1. The number of methoxy groups -OCH3 is 1. The third-order valence-electron chi connectivity index (χ3n) is 3.02. The predicted octanol–water partition coefficient (Wildman–Crippen LogP) is 3.37. The first-order valence-electron chi connectivity index (χ1n) is 6.65. The highest BCUT2D eigenvalue weighted by molar-refractivity contribution is 5.94. The molecule has 2 aromatic rings. The van der Waals surface area contributed by atoms with Crippen LogP contribution in [0.4, 0.5) is 13.2 Å². The van der Waals surface area contributed by atoms with E-state index in [1.54, 1.807) is 6.07 Å². The Bertz CT molecular complexity index is 692. The van der Waals surface area contributed by atoms with Gasteiger partial charge in [-0.15, -0.1) is 0 Å². The highest BCUT2D eigenvalue weighted by atomic mass is 19.3. The summed E-state index contributed by atoms with van der Waals surface area (Å²) in [5.41, 5.74) is 0.519. The molecule has 0 aromatic heterocycles. The van der Waals surface area contributed by atoms with Crippen molar-refractivity contribution in [3.8, 4) is 11.5 Å². The second kappa shape index (κ2) is 7.53. The number of nitrogens with one attached hydrogen (secondary N) is 1. The predicted molar refractivity (Wildman–Crippen MR) is 77.2 cm³/mol. The largest absolute Gasteiger partial charge is 0.493 e. The lowest BCUT2D eigenvalue weighted by Gasteiger charge is -2.12. The molecule has 2 rings (SSSR count). The molecule has 23 heavy (non-hydrogen) atoms. The molecule has 0 saturated carbocycles. The fourth-order valence-electron chi connectivity index (χ4n) is 1.94. The minimum Gasteiger partial charge on any atom is -0.493 e. The summed E-state index contributed by atoms with van der Waals surface area (Å²) >= 11 is 0. The monoisotopic (exact) mass is 325 g/mol. The van der Waals surface area contributed by atoms with Crippen molar-refractivity contribution in [2.45, 2.75) is 13.2 Å². The minimum absolute atomic E-state index is 0.0721. The topological polar surface area (TPSA) is 47.6 Å². The summed E-state index contributed by atoms with van der Waals surface area (Å²) in [5.74, 6) is -1.19. The molecule has 0 aliphatic rings. The molecule has 0 bridgehead atoms. The van der Waals surface area contributed by atoms with Crippen LogP contribution >= 0.6 is 0 Å². The van der Waals surface area contributed by atoms with Crippen molar-refractivity contribution < 1.29 is 27.4 Å². The average Bonchev–Trinajstić information content (AvgIpc) is 2.53. The van der Waals surface area contributed by atoms with Crippen molar-refractivity contribution in [1.29, 1.82) is 0 Å². The van der Waals surface area contributed by atoms with Gasteiger partial charge in [-0.05, 0) is 29.8 Å². The molecule has 0 aliphatic carbocycles. The van der Waals surface area contributed by atoms with E-state index < -0.39 is 18.3 Å². The van der Waals surface area contributed by atoms with Crippen LogP contribution in [0, 0.1) is 5.82 Å². The van der Waals surface area contributed by atoms with Crippen LogP contribution in [0.1, 0.15) is 15.9 Å². The number of alkyl halides is 2. The maximum Gasteiger partial charge on any atom is 0.387 e. The fraction of sp³-hybridized carbons (Fsp3) is 0.188. The number of hydrogen-bond acceptors (Lipinski definition) is 3. The van der Waals surface area contributed by atoms with Crippen molar-refractivity contribution >= 4 is 5.91 Å². The molecule has 0 heterocycles. The molecular weight excluding hydrogens is 311 g/mol. The molecule has 1 amide bonds. The SMILES string of the molecule is COc1cc(CNC(=O)c2ccccc2F)ccc1OC(F)F. The van der Waals surface area contributed by atoms with Gasteiger partial charge in [-0.2, -0.15) is 8.78 Å². The Hall–Kier alpha value is -2.70. The van der Waals surface area contributed by atoms with Crippen LogP contribution in [0.3, 0.4) is 0 Å². The molecule has 1 N–H and O–H groups in total. The van der Waals surface area contributed by atoms with Gasteiger partial charge in [0.2, 0.25) is 0 Å².